The van der Waals surface area contributed by atoms with Crippen LogP contribution in [0.1, 0.15) is 50.9 Å². The maximum absolute atomic E-state index is 5.51. The minimum absolute atomic E-state index is 0.212. The van der Waals surface area contributed by atoms with Crippen LogP contribution in [-0.4, -0.2) is 28.5 Å². The smallest absolute Gasteiger partial charge is 0.209 e. The number of benzene rings is 1. The molecule has 0 saturated carbocycles. The number of methoxy groups -OCH3 is 1. The second-order valence-electron chi connectivity index (χ2n) is 9.27. The summed E-state index contributed by atoms with van der Waals surface area (Å²) < 4.78 is 21.8. The van der Waals surface area contributed by atoms with Gasteiger partial charge in [0.15, 0.2) is 12.1 Å². The highest BCUT2D eigenvalue weighted by molar-refractivity contribution is 5.64. The van der Waals surface area contributed by atoms with Gasteiger partial charge in [0.1, 0.15) is 11.4 Å². The topological polar surface area (TPSA) is 79.5 Å². The SMILES string of the molecule is COc1cncc(-c2ccc(C(C)(c3ccc(-c4cc(C5OC(C)O5)no4)cn3)C(C)C)cc2)c1. The second-order valence-corrected chi connectivity index (χ2v) is 9.27. The van der Waals surface area contributed by atoms with E-state index < -0.39 is 6.29 Å². The Balaban J connectivity index is 1.40. The van der Waals surface area contributed by atoms with Gasteiger partial charge in [0.25, 0.3) is 0 Å². The first-order chi connectivity index (χ1) is 16.9. The van der Waals surface area contributed by atoms with E-state index >= 15 is 0 Å². The van der Waals surface area contributed by atoms with E-state index in [1.54, 1.807) is 13.3 Å². The molecule has 0 spiro atoms. The van der Waals surface area contributed by atoms with Crippen molar-refractivity contribution in [1.82, 2.24) is 15.1 Å². The molecule has 1 aromatic carbocycles. The van der Waals surface area contributed by atoms with Crippen LogP contribution < -0.4 is 4.74 Å². The zero-order chi connectivity index (χ0) is 24.6. The highest BCUT2D eigenvalue weighted by atomic mass is 16.9. The van der Waals surface area contributed by atoms with Gasteiger partial charge in [0.05, 0.1) is 19.0 Å². The highest BCUT2D eigenvalue weighted by Crippen LogP contribution is 2.39. The third-order valence-corrected chi connectivity index (χ3v) is 6.90. The van der Waals surface area contributed by atoms with Gasteiger partial charge >= 0.3 is 0 Å². The lowest BCUT2D eigenvalue weighted by Gasteiger charge is -2.34. The van der Waals surface area contributed by atoms with Crippen LogP contribution in [0.3, 0.4) is 0 Å². The van der Waals surface area contributed by atoms with E-state index in [9.17, 15) is 0 Å². The molecule has 5 rings (SSSR count). The molecule has 1 unspecified atom stereocenters. The number of hydrogen-bond acceptors (Lipinski definition) is 7. The van der Waals surface area contributed by atoms with Crippen molar-refractivity contribution in [2.75, 3.05) is 7.11 Å². The van der Waals surface area contributed by atoms with Crippen LogP contribution in [0.15, 0.2) is 71.6 Å². The van der Waals surface area contributed by atoms with Crippen LogP contribution in [0, 0.1) is 5.92 Å². The molecule has 0 amide bonds. The van der Waals surface area contributed by atoms with Crippen LogP contribution in [-0.2, 0) is 14.9 Å². The lowest BCUT2D eigenvalue weighted by Crippen LogP contribution is -2.31. The molecular weight excluding hydrogens is 442 g/mol. The largest absolute Gasteiger partial charge is 0.495 e. The van der Waals surface area contributed by atoms with Gasteiger partial charge < -0.3 is 18.7 Å². The Bertz CT molecular complexity index is 1290. The third-order valence-electron chi connectivity index (χ3n) is 6.90. The Hall–Kier alpha value is -3.55. The summed E-state index contributed by atoms with van der Waals surface area (Å²) in [6.45, 7) is 8.52. The number of aromatic nitrogens is 3. The Morgan fingerprint density at radius 1 is 0.914 bits per heavy atom. The summed E-state index contributed by atoms with van der Waals surface area (Å²) in [5.74, 6) is 1.69. The van der Waals surface area contributed by atoms with Gasteiger partial charge in [-0.2, -0.15) is 0 Å². The molecule has 0 N–H and O–H groups in total. The predicted octanol–water partition coefficient (Wildman–Crippen LogP) is 6.16. The number of hydrogen-bond donors (Lipinski definition) is 0. The van der Waals surface area contributed by atoms with Crippen molar-refractivity contribution in [3.05, 3.63) is 84.1 Å². The molecule has 3 aromatic heterocycles. The summed E-state index contributed by atoms with van der Waals surface area (Å²) in [7, 11) is 1.65. The van der Waals surface area contributed by atoms with Gasteiger partial charge in [0, 0.05) is 35.0 Å². The fraction of sp³-hybridized carbons (Fsp3) is 0.321. The van der Waals surface area contributed by atoms with Crippen molar-refractivity contribution in [3.63, 3.8) is 0 Å². The second kappa shape index (κ2) is 9.24. The van der Waals surface area contributed by atoms with E-state index in [2.05, 4.69) is 61.2 Å². The van der Waals surface area contributed by atoms with Crippen LogP contribution in [0.25, 0.3) is 22.5 Å². The van der Waals surface area contributed by atoms with E-state index in [1.165, 1.54) is 5.56 Å². The van der Waals surface area contributed by atoms with E-state index in [4.69, 9.17) is 23.7 Å². The van der Waals surface area contributed by atoms with Gasteiger partial charge in [-0.05, 0) is 49.1 Å². The maximum Gasteiger partial charge on any atom is 0.209 e. The normalized spacial score (nSPS) is 19.3. The quantitative estimate of drug-likeness (QED) is 0.319. The average Bonchev–Trinajstić information content (AvgIpc) is 3.36. The Morgan fingerprint density at radius 2 is 1.66 bits per heavy atom. The van der Waals surface area contributed by atoms with Gasteiger partial charge in [0.2, 0.25) is 6.29 Å². The van der Waals surface area contributed by atoms with E-state index in [0.29, 0.717) is 17.4 Å². The molecule has 1 fully saturated rings. The minimum atomic E-state index is -0.463. The Morgan fingerprint density at radius 3 is 2.29 bits per heavy atom. The summed E-state index contributed by atoms with van der Waals surface area (Å²) in [5.41, 5.74) is 5.49. The summed E-state index contributed by atoms with van der Waals surface area (Å²) >= 11 is 0. The van der Waals surface area contributed by atoms with Gasteiger partial charge in [-0.15, -0.1) is 0 Å². The van der Waals surface area contributed by atoms with Crippen LogP contribution >= 0.6 is 0 Å². The Kier molecular flexibility index (Phi) is 6.13. The summed E-state index contributed by atoms with van der Waals surface area (Å²) in [5, 5.41) is 4.07. The zero-order valence-corrected chi connectivity index (χ0v) is 20.6. The van der Waals surface area contributed by atoms with Crippen molar-refractivity contribution in [3.8, 4) is 28.2 Å². The van der Waals surface area contributed by atoms with E-state index in [1.807, 2.05) is 37.5 Å². The molecule has 7 nitrogen and oxygen atoms in total. The average molecular weight is 472 g/mol. The molecular formula is C28H29N3O4. The Labute approximate surface area is 205 Å². The molecule has 7 heteroatoms. The van der Waals surface area contributed by atoms with Gasteiger partial charge in [-0.1, -0.05) is 43.3 Å². The molecule has 1 aliphatic heterocycles. The first-order valence-corrected chi connectivity index (χ1v) is 11.7. The lowest BCUT2D eigenvalue weighted by molar-refractivity contribution is -0.384. The van der Waals surface area contributed by atoms with E-state index in [0.717, 1.165) is 28.1 Å². The van der Waals surface area contributed by atoms with Crippen molar-refractivity contribution >= 4 is 0 Å². The lowest BCUT2D eigenvalue weighted by atomic mass is 9.70. The van der Waals surface area contributed by atoms with Crippen LogP contribution in [0.2, 0.25) is 0 Å². The summed E-state index contributed by atoms with van der Waals surface area (Å²) in [4.78, 5) is 9.13. The molecule has 180 valence electrons. The number of nitrogens with zero attached hydrogens (tertiary/aromatic N) is 3. The first kappa shape index (κ1) is 23.2. The molecule has 1 aliphatic rings. The fourth-order valence-electron chi connectivity index (χ4n) is 4.35. The first-order valence-electron chi connectivity index (χ1n) is 11.7. The zero-order valence-electron chi connectivity index (χ0n) is 20.6. The summed E-state index contributed by atoms with van der Waals surface area (Å²) in [6.07, 6.45) is 4.71. The molecule has 35 heavy (non-hydrogen) atoms. The molecule has 0 aliphatic carbocycles. The highest BCUT2D eigenvalue weighted by Gasteiger charge is 2.34. The third kappa shape index (κ3) is 4.33. The van der Waals surface area contributed by atoms with Crippen LogP contribution in [0.5, 0.6) is 5.75 Å². The number of pyridine rings is 2. The minimum Gasteiger partial charge on any atom is -0.495 e. The van der Waals surface area contributed by atoms with Crippen molar-refractivity contribution in [2.24, 2.45) is 5.92 Å². The molecule has 4 aromatic rings. The van der Waals surface area contributed by atoms with Gasteiger partial charge in [-0.3, -0.25) is 9.97 Å². The molecule has 1 saturated heterocycles. The van der Waals surface area contributed by atoms with Crippen molar-refractivity contribution < 1.29 is 18.7 Å². The molecule has 1 atom stereocenters. The number of rotatable bonds is 7. The van der Waals surface area contributed by atoms with Crippen molar-refractivity contribution in [1.29, 1.82) is 0 Å². The predicted molar refractivity (Wildman–Crippen MR) is 132 cm³/mol. The van der Waals surface area contributed by atoms with E-state index in [-0.39, 0.29) is 11.7 Å². The van der Waals surface area contributed by atoms with Gasteiger partial charge in [-0.25, -0.2) is 0 Å². The molecule has 0 radical (unpaired) electrons. The van der Waals surface area contributed by atoms with Crippen LogP contribution in [0.4, 0.5) is 0 Å². The maximum atomic E-state index is 5.51. The summed E-state index contributed by atoms with van der Waals surface area (Å²) in [6, 6.07) is 16.5. The fourth-order valence-corrected chi connectivity index (χ4v) is 4.35. The molecule has 0 bridgehead atoms. The number of ether oxygens (including phenoxy) is 3. The van der Waals surface area contributed by atoms with Crippen molar-refractivity contribution in [2.45, 2.75) is 45.7 Å². The molecule has 4 heterocycles. The monoisotopic (exact) mass is 471 g/mol. The standard InChI is InChI=1S/C28H29N3O4/c1-17(2)28(4,22-9-6-19(7-10-22)21-12-23(32-5)16-29-14-21)26-11-8-20(15-30-26)25-13-24(31-35-25)27-33-18(3)34-27/h6-18,27H,1-5H3.